The minimum Gasteiger partial charge on any atom is -0.497 e. The third-order valence-corrected chi connectivity index (χ3v) is 4.04. The maximum absolute atomic E-state index is 13.3. The van der Waals surface area contributed by atoms with Crippen LogP contribution < -0.4 is 10.5 Å². The molecule has 100 valence electrons. The minimum atomic E-state index is -1.31. The first-order valence-corrected chi connectivity index (χ1v) is 6.98. The number of hydrogen-bond donors (Lipinski definition) is 1. The molecule has 0 aliphatic heterocycles. The smallest absolute Gasteiger partial charge is 0.147 e. The van der Waals surface area contributed by atoms with Crippen molar-refractivity contribution in [2.45, 2.75) is 10.6 Å². The maximum atomic E-state index is 13.3. The molecule has 19 heavy (non-hydrogen) atoms. The fourth-order valence-electron chi connectivity index (χ4n) is 1.65. The lowest BCUT2D eigenvalue weighted by atomic mass is 10.2. The highest BCUT2D eigenvalue weighted by Crippen LogP contribution is 2.19. The summed E-state index contributed by atoms with van der Waals surface area (Å²) in [7, 11) is 0.261. The number of ether oxygens (including phenoxy) is 1. The summed E-state index contributed by atoms with van der Waals surface area (Å²) in [4.78, 5) is 0.425. The zero-order chi connectivity index (χ0) is 13.8. The van der Waals surface area contributed by atoms with Crippen LogP contribution in [-0.2, 0) is 16.6 Å². The zero-order valence-electron chi connectivity index (χ0n) is 10.4. The van der Waals surface area contributed by atoms with Crippen LogP contribution in [0.5, 0.6) is 5.75 Å². The van der Waals surface area contributed by atoms with Gasteiger partial charge in [0.05, 0.1) is 29.3 Å². The SMILES string of the molecule is COc1cccc(CS(=O)c2ccc(N)c(F)c2)c1. The number of hydrogen-bond acceptors (Lipinski definition) is 3. The van der Waals surface area contributed by atoms with Gasteiger partial charge < -0.3 is 10.5 Å². The van der Waals surface area contributed by atoms with Crippen molar-refractivity contribution < 1.29 is 13.3 Å². The quantitative estimate of drug-likeness (QED) is 0.875. The first kappa shape index (κ1) is 13.5. The second-order valence-corrected chi connectivity index (χ2v) is 5.48. The third-order valence-electron chi connectivity index (χ3n) is 2.67. The summed E-state index contributed by atoms with van der Waals surface area (Å²) in [6.45, 7) is 0. The summed E-state index contributed by atoms with van der Waals surface area (Å²) in [5, 5.41) is 0. The Morgan fingerprint density at radius 2 is 2.05 bits per heavy atom. The lowest BCUT2D eigenvalue weighted by molar-refractivity contribution is 0.414. The molecular formula is C14H14FNO2S. The van der Waals surface area contributed by atoms with Crippen LogP contribution in [0.1, 0.15) is 5.56 Å². The number of rotatable bonds is 4. The molecule has 0 saturated carbocycles. The summed E-state index contributed by atoms with van der Waals surface area (Å²) in [5.74, 6) is 0.468. The van der Waals surface area contributed by atoms with E-state index >= 15 is 0 Å². The number of nitrogens with two attached hydrogens (primary N) is 1. The molecule has 2 rings (SSSR count). The average Bonchev–Trinajstić information content (AvgIpc) is 2.42. The Morgan fingerprint density at radius 3 is 2.74 bits per heavy atom. The molecular weight excluding hydrogens is 265 g/mol. The predicted octanol–water partition coefficient (Wildman–Crippen LogP) is 2.72. The molecule has 0 heterocycles. The largest absolute Gasteiger partial charge is 0.497 e. The monoisotopic (exact) mass is 279 g/mol. The molecule has 3 nitrogen and oxygen atoms in total. The molecule has 0 amide bonds. The molecule has 5 heteroatoms. The zero-order valence-corrected chi connectivity index (χ0v) is 11.2. The van der Waals surface area contributed by atoms with Crippen LogP contribution in [0, 0.1) is 5.82 Å². The van der Waals surface area contributed by atoms with E-state index in [1.54, 1.807) is 13.2 Å². The standard InChI is InChI=1S/C14H14FNO2S/c1-18-11-4-2-3-10(7-11)9-19(17)12-5-6-14(16)13(15)8-12/h2-8H,9,16H2,1H3. The Morgan fingerprint density at radius 1 is 1.26 bits per heavy atom. The minimum absolute atomic E-state index is 0.0575. The first-order valence-electron chi connectivity index (χ1n) is 5.66. The van der Waals surface area contributed by atoms with Gasteiger partial charge in [0, 0.05) is 4.90 Å². The van der Waals surface area contributed by atoms with Crippen molar-refractivity contribution in [3.63, 3.8) is 0 Å². The molecule has 0 aliphatic rings. The number of nitrogen functional groups attached to an aromatic ring is 1. The van der Waals surface area contributed by atoms with Crippen LogP contribution in [0.3, 0.4) is 0 Å². The van der Waals surface area contributed by atoms with Crippen LogP contribution >= 0.6 is 0 Å². The highest BCUT2D eigenvalue weighted by Gasteiger charge is 2.08. The number of benzene rings is 2. The van der Waals surface area contributed by atoms with Gasteiger partial charge in [0.1, 0.15) is 11.6 Å². The highest BCUT2D eigenvalue weighted by molar-refractivity contribution is 7.84. The molecule has 2 aromatic carbocycles. The van der Waals surface area contributed by atoms with E-state index in [0.717, 1.165) is 5.56 Å². The average molecular weight is 279 g/mol. The van der Waals surface area contributed by atoms with Gasteiger partial charge in [0.2, 0.25) is 0 Å². The molecule has 2 N–H and O–H groups in total. The van der Waals surface area contributed by atoms with Gasteiger partial charge >= 0.3 is 0 Å². The van der Waals surface area contributed by atoms with E-state index in [1.807, 2.05) is 24.3 Å². The van der Waals surface area contributed by atoms with Gasteiger partial charge in [0.25, 0.3) is 0 Å². The van der Waals surface area contributed by atoms with E-state index in [4.69, 9.17) is 10.5 Å². The molecule has 0 bridgehead atoms. The molecule has 2 aromatic rings. The Bertz CT molecular complexity index is 616. The summed E-state index contributed by atoms with van der Waals surface area (Å²) in [6.07, 6.45) is 0. The molecule has 0 fully saturated rings. The Balaban J connectivity index is 2.18. The van der Waals surface area contributed by atoms with E-state index < -0.39 is 16.6 Å². The van der Waals surface area contributed by atoms with Gasteiger partial charge in [-0.05, 0) is 35.9 Å². The van der Waals surface area contributed by atoms with Crippen LogP contribution in [0.15, 0.2) is 47.4 Å². The molecule has 0 radical (unpaired) electrons. The van der Waals surface area contributed by atoms with Crippen molar-refractivity contribution in [2.75, 3.05) is 12.8 Å². The highest BCUT2D eigenvalue weighted by atomic mass is 32.2. The number of anilines is 1. The van der Waals surface area contributed by atoms with Crippen molar-refractivity contribution in [3.8, 4) is 5.75 Å². The van der Waals surface area contributed by atoms with Gasteiger partial charge in [-0.3, -0.25) is 4.21 Å². The predicted molar refractivity (Wildman–Crippen MR) is 73.9 cm³/mol. The van der Waals surface area contributed by atoms with Crippen molar-refractivity contribution in [1.29, 1.82) is 0 Å². The van der Waals surface area contributed by atoms with E-state index in [2.05, 4.69) is 0 Å². The molecule has 1 unspecified atom stereocenters. The lowest BCUT2D eigenvalue weighted by Crippen LogP contribution is -1.99. The second-order valence-electron chi connectivity index (χ2n) is 4.02. The number of halogens is 1. The maximum Gasteiger partial charge on any atom is 0.147 e. The molecule has 0 spiro atoms. The van der Waals surface area contributed by atoms with Gasteiger partial charge in [-0.15, -0.1) is 0 Å². The van der Waals surface area contributed by atoms with Crippen LogP contribution in [0.2, 0.25) is 0 Å². The molecule has 0 saturated heterocycles. The van der Waals surface area contributed by atoms with E-state index in [9.17, 15) is 8.60 Å². The topological polar surface area (TPSA) is 52.3 Å². The molecule has 0 aliphatic carbocycles. The van der Waals surface area contributed by atoms with E-state index in [1.165, 1.54) is 12.1 Å². The second kappa shape index (κ2) is 5.84. The molecule has 1 atom stereocenters. The number of methoxy groups -OCH3 is 1. The van der Waals surface area contributed by atoms with Gasteiger partial charge in [0.15, 0.2) is 0 Å². The normalized spacial score (nSPS) is 12.1. The fourth-order valence-corrected chi connectivity index (χ4v) is 2.75. The first-order chi connectivity index (χ1) is 9.10. The van der Waals surface area contributed by atoms with Gasteiger partial charge in [-0.1, -0.05) is 12.1 Å². The van der Waals surface area contributed by atoms with Gasteiger partial charge in [-0.25, -0.2) is 4.39 Å². The lowest BCUT2D eigenvalue weighted by Gasteiger charge is -2.06. The summed E-state index contributed by atoms with van der Waals surface area (Å²) < 4.78 is 30.6. The Hall–Kier alpha value is -1.88. The summed E-state index contributed by atoms with van der Waals surface area (Å²) in [6, 6.07) is 11.5. The van der Waals surface area contributed by atoms with Crippen LogP contribution in [0.25, 0.3) is 0 Å². The summed E-state index contributed by atoms with van der Waals surface area (Å²) in [5.41, 5.74) is 6.32. The van der Waals surface area contributed by atoms with Crippen molar-refractivity contribution in [1.82, 2.24) is 0 Å². The van der Waals surface area contributed by atoms with Gasteiger partial charge in [-0.2, -0.15) is 0 Å². The van der Waals surface area contributed by atoms with E-state index in [-0.39, 0.29) is 5.69 Å². The Labute approximate surface area is 113 Å². The third kappa shape index (κ3) is 3.32. The van der Waals surface area contributed by atoms with E-state index in [0.29, 0.717) is 16.4 Å². The summed E-state index contributed by atoms with van der Waals surface area (Å²) >= 11 is 0. The Kier molecular flexibility index (Phi) is 4.16. The van der Waals surface area contributed by atoms with Crippen molar-refractivity contribution in [3.05, 3.63) is 53.8 Å². The van der Waals surface area contributed by atoms with Crippen molar-refractivity contribution >= 4 is 16.5 Å². The van der Waals surface area contributed by atoms with Crippen molar-refractivity contribution in [2.24, 2.45) is 0 Å². The van der Waals surface area contributed by atoms with Crippen LogP contribution in [0.4, 0.5) is 10.1 Å². The fraction of sp³-hybridized carbons (Fsp3) is 0.143. The molecule has 0 aromatic heterocycles. The van der Waals surface area contributed by atoms with Crippen LogP contribution in [-0.4, -0.2) is 11.3 Å².